The van der Waals surface area contributed by atoms with Gasteiger partial charge in [-0.15, -0.1) is 0 Å². The third-order valence-electron chi connectivity index (χ3n) is 5.36. The van der Waals surface area contributed by atoms with Crippen LogP contribution in [0.1, 0.15) is 18.7 Å². The Morgan fingerprint density at radius 1 is 1.17 bits per heavy atom. The molecule has 9 heteroatoms. The Morgan fingerprint density at radius 2 is 1.97 bits per heavy atom. The number of carbonyl (C=O) groups excluding carboxylic acids is 1. The second kappa shape index (κ2) is 8.79. The normalized spacial score (nSPS) is 20.1. The summed E-state index contributed by atoms with van der Waals surface area (Å²) in [6, 6.07) is 5.50. The van der Waals surface area contributed by atoms with Gasteiger partial charge in [0, 0.05) is 38.3 Å². The van der Waals surface area contributed by atoms with E-state index in [4.69, 9.17) is 18.7 Å². The van der Waals surface area contributed by atoms with E-state index in [2.05, 4.69) is 15.0 Å². The number of nitrogens with zero attached hydrogens (tertiary/aromatic N) is 4. The van der Waals surface area contributed by atoms with E-state index < -0.39 is 0 Å². The number of piperazine rings is 1. The number of aromatic nitrogens is 2. The highest BCUT2D eigenvalue weighted by molar-refractivity contribution is 5.81. The SMILES string of the molecule is COc1ccc(-c2noc(CN3CCN(C(=O)C4CCCO4)CC3)n2)cc1OC. The van der Waals surface area contributed by atoms with Crippen molar-refractivity contribution >= 4 is 5.91 Å². The van der Waals surface area contributed by atoms with E-state index in [0.29, 0.717) is 49.5 Å². The van der Waals surface area contributed by atoms with Crippen LogP contribution in [-0.4, -0.2) is 79.0 Å². The van der Waals surface area contributed by atoms with Gasteiger partial charge in [-0.1, -0.05) is 5.16 Å². The van der Waals surface area contributed by atoms with Crippen LogP contribution < -0.4 is 9.47 Å². The van der Waals surface area contributed by atoms with Gasteiger partial charge in [0.05, 0.1) is 20.8 Å². The van der Waals surface area contributed by atoms with Crippen LogP contribution >= 0.6 is 0 Å². The van der Waals surface area contributed by atoms with Crippen LogP contribution in [0.15, 0.2) is 22.7 Å². The molecule has 156 valence electrons. The molecule has 4 rings (SSSR count). The molecule has 2 saturated heterocycles. The summed E-state index contributed by atoms with van der Waals surface area (Å²) in [6.07, 6.45) is 1.55. The zero-order valence-corrected chi connectivity index (χ0v) is 16.8. The molecule has 1 aromatic carbocycles. The highest BCUT2D eigenvalue weighted by atomic mass is 16.5. The largest absolute Gasteiger partial charge is 0.493 e. The van der Waals surface area contributed by atoms with Crippen molar-refractivity contribution in [3.05, 3.63) is 24.1 Å². The van der Waals surface area contributed by atoms with Crippen LogP contribution in [0.3, 0.4) is 0 Å². The van der Waals surface area contributed by atoms with Gasteiger partial charge in [0.25, 0.3) is 5.91 Å². The van der Waals surface area contributed by atoms with Crippen molar-refractivity contribution in [2.45, 2.75) is 25.5 Å². The van der Waals surface area contributed by atoms with Crippen LogP contribution in [0.25, 0.3) is 11.4 Å². The van der Waals surface area contributed by atoms with Crippen LogP contribution in [0.5, 0.6) is 11.5 Å². The Hall–Kier alpha value is -2.65. The summed E-state index contributed by atoms with van der Waals surface area (Å²) in [5, 5.41) is 4.09. The Kier molecular flexibility index (Phi) is 5.96. The molecule has 1 atom stereocenters. The minimum Gasteiger partial charge on any atom is -0.493 e. The molecule has 0 saturated carbocycles. The standard InChI is InChI=1S/C20H26N4O5/c1-26-15-6-5-14(12-17(15)27-2)19-21-18(29-22-19)13-23-7-9-24(10-8-23)20(25)16-4-3-11-28-16/h5-6,12,16H,3-4,7-11,13H2,1-2H3. The summed E-state index contributed by atoms with van der Waals surface area (Å²) in [6.45, 7) is 4.17. The molecule has 3 heterocycles. The molecule has 0 aliphatic carbocycles. The molecule has 29 heavy (non-hydrogen) atoms. The second-order valence-corrected chi connectivity index (χ2v) is 7.18. The summed E-state index contributed by atoms with van der Waals surface area (Å²) >= 11 is 0. The number of hydrogen-bond acceptors (Lipinski definition) is 8. The first-order valence-electron chi connectivity index (χ1n) is 9.85. The predicted molar refractivity (Wildman–Crippen MR) is 104 cm³/mol. The molecular formula is C20H26N4O5. The highest BCUT2D eigenvalue weighted by Gasteiger charge is 2.30. The lowest BCUT2D eigenvalue weighted by atomic mass is 10.2. The van der Waals surface area contributed by atoms with Gasteiger partial charge in [-0.3, -0.25) is 9.69 Å². The molecule has 9 nitrogen and oxygen atoms in total. The second-order valence-electron chi connectivity index (χ2n) is 7.18. The fraction of sp³-hybridized carbons (Fsp3) is 0.550. The van der Waals surface area contributed by atoms with Gasteiger partial charge in [0.1, 0.15) is 6.10 Å². The summed E-state index contributed by atoms with van der Waals surface area (Å²) in [7, 11) is 3.19. The molecule has 0 spiro atoms. The zero-order valence-electron chi connectivity index (χ0n) is 16.8. The van der Waals surface area contributed by atoms with E-state index in [9.17, 15) is 4.79 Å². The minimum absolute atomic E-state index is 0.121. The number of hydrogen-bond donors (Lipinski definition) is 0. The van der Waals surface area contributed by atoms with Crippen LogP contribution in [-0.2, 0) is 16.1 Å². The number of methoxy groups -OCH3 is 2. The maximum atomic E-state index is 12.4. The van der Waals surface area contributed by atoms with Crippen molar-refractivity contribution in [2.75, 3.05) is 47.0 Å². The van der Waals surface area contributed by atoms with Crippen molar-refractivity contribution in [1.29, 1.82) is 0 Å². The molecule has 2 fully saturated rings. The van der Waals surface area contributed by atoms with Crippen molar-refractivity contribution in [3.63, 3.8) is 0 Å². The molecule has 2 aliphatic rings. The van der Waals surface area contributed by atoms with Gasteiger partial charge in [0.2, 0.25) is 11.7 Å². The lowest BCUT2D eigenvalue weighted by Crippen LogP contribution is -2.51. The van der Waals surface area contributed by atoms with Crippen LogP contribution in [0.4, 0.5) is 0 Å². The number of rotatable bonds is 6. The monoisotopic (exact) mass is 402 g/mol. The van der Waals surface area contributed by atoms with Gasteiger partial charge in [-0.05, 0) is 31.0 Å². The van der Waals surface area contributed by atoms with E-state index in [1.807, 2.05) is 23.1 Å². The lowest BCUT2D eigenvalue weighted by Gasteiger charge is -2.35. The summed E-state index contributed by atoms with van der Waals surface area (Å²) in [4.78, 5) is 21.1. The lowest BCUT2D eigenvalue weighted by molar-refractivity contribution is -0.142. The minimum atomic E-state index is -0.249. The third-order valence-corrected chi connectivity index (χ3v) is 5.36. The van der Waals surface area contributed by atoms with E-state index in [1.165, 1.54) is 0 Å². The fourth-order valence-corrected chi connectivity index (χ4v) is 3.71. The van der Waals surface area contributed by atoms with Gasteiger partial charge in [-0.25, -0.2) is 0 Å². The first kappa shape index (κ1) is 19.7. The van der Waals surface area contributed by atoms with Crippen LogP contribution in [0.2, 0.25) is 0 Å². The number of amides is 1. The topological polar surface area (TPSA) is 90.2 Å². The van der Waals surface area contributed by atoms with Crippen molar-refractivity contribution in [3.8, 4) is 22.9 Å². The molecule has 1 aromatic heterocycles. The van der Waals surface area contributed by atoms with E-state index in [1.54, 1.807) is 14.2 Å². The Labute approximate surface area is 169 Å². The molecule has 2 aromatic rings. The molecular weight excluding hydrogens is 376 g/mol. The van der Waals surface area contributed by atoms with Gasteiger partial charge < -0.3 is 23.6 Å². The molecule has 0 bridgehead atoms. The quantitative estimate of drug-likeness (QED) is 0.719. The Morgan fingerprint density at radius 3 is 2.66 bits per heavy atom. The maximum Gasteiger partial charge on any atom is 0.251 e. The summed E-state index contributed by atoms with van der Waals surface area (Å²) < 4.78 is 21.5. The highest BCUT2D eigenvalue weighted by Crippen LogP contribution is 2.31. The van der Waals surface area contributed by atoms with E-state index in [-0.39, 0.29) is 12.0 Å². The number of benzene rings is 1. The Bertz CT molecular complexity index is 841. The zero-order chi connectivity index (χ0) is 20.2. The third kappa shape index (κ3) is 4.35. The molecule has 1 unspecified atom stereocenters. The van der Waals surface area contributed by atoms with E-state index in [0.717, 1.165) is 31.5 Å². The van der Waals surface area contributed by atoms with Gasteiger partial charge in [0.15, 0.2) is 11.5 Å². The summed E-state index contributed by atoms with van der Waals surface area (Å²) in [5.74, 6) is 2.44. The number of carbonyl (C=O) groups is 1. The molecule has 0 N–H and O–H groups in total. The van der Waals surface area contributed by atoms with Crippen molar-refractivity contribution < 1.29 is 23.5 Å². The molecule has 1 amide bonds. The fourth-order valence-electron chi connectivity index (χ4n) is 3.71. The maximum absolute atomic E-state index is 12.4. The first-order chi connectivity index (χ1) is 14.2. The average molecular weight is 402 g/mol. The number of ether oxygens (including phenoxy) is 3. The first-order valence-corrected chi connectivity index (χ1v) is 9.85. The average Bonchev–Trinajstić information content (AvgIpc) is 3.46. The molecule has 0 radical (unpaired) electrons. The molecule has 2 aliphatic heterocycles. The van der Waals surface area contributed by atoms with Crippen molar-refractivity contribution in [2.24, 2.45) is 0 Å². The predicted octanol–water partition coefficient (Wildman–Crippen LogP) is 1.58. The van der Waals surface area contributed by atoms with E-state index >= 15 is 0 Å². The summed E-state index contributed by atoms with van der Waals surface area (Å²) in [5.41, 5.74) is 0.796. The van der Waals surface area contributed by atoms with Gasteiger partial charge in [-0.2, -0.15) is 4.98 Å². The smallest absolute Gasteiger partial charge is 0.251 e. The van der Waals surface area contributed by atoms with Gasteiger partial charge >= 0.3 is 0 Å². The van der Waals surface area contributed by atoms with Crippen molar-refractivity contribution in [1.82, 2.24) is 19.9 Å². The Balaban J connectivity index is 1.33. The van der Waals surface area contributed by atoms with Crippen LogP contribution in [0, 0.1) is 0 Å².